The molecule has 1 aromatic carbocycles. The number of carbonyl (C=O) groups is 1. The molecule has 3 aromatic rings. The first-order valence-corrected chi connectivity index (χ1v) is 12.1. The van der Waals surface area contributed by atoms with Gasteiger partial charge >= 0.3 is 0 Å². The molecule has 32 heavy (non-hydrogen) atoms. The maximum atomic E-state index is 13.3. The van der Waals surface area contributed by atoms with Gasteiger partial charge in [-0.1, -0.05) is 29.4 Å². The van der Waals surface area contributed by atoms with Crippen molar-refractivity contribution in [2.24, 2.45) is 0 Å². The van der Waals surface area contributed by atoms with Gasteiger partial charge in [-0.05, 0) is 51.2 Å². The summed E-state index contributed by atoms with van der Waals surface area (Å²) in [6.07, 6.45) is 3.82. The van der Waals surface area contributed by atoms with Gasteiger partial charge in [-0.15, -0.1) is 0 Å². The van der Waals surface area contributed by atoms with Crippen molar-refractivity contribution < 1.29 is 4.79 Å². The smallest absolute Gasteiger partial charge is 0.265 e. The van der Waals surface area contributed by atoms with Crippen molar-refractivity contribution in [1.29, 1.82) is 0 Å². The molecule has 0 radical (unpaired) electrons. The first-order chi connectivity index (χ1) is 15.4. The third-order valence-corrected chi connectivity index (χ3v) is 7.80. The standard InChI is InChI=1S/C22H25ClN6O2S/c1-26-8-6-15(7-9-26)27(2)19(30)11-17-13-32-22-25-20-18(21(31)28(17)22)12-24-29(20)16-5-3-4-14(23)10-16/h3-5,10,12,15,17H,6-9,11,13H2,1-2H3. The van der Waals surface area contributed by atoms with Crippen LogP contribution in [-0.2, 0) is 4.79 Å². The summed E-state index contributed by atoms with van der Waals surface area (Å²) in [4.78, 5) is 35.3. The van der Waals surface area contributed by atoms with E-state index >= 15 is 0 Å². The van der Waals surface area contributed by atoms with Crippen molar-refractivity contribution >= 4 is 40.3 Å². The normalized spacial score (nSPS) is 19.4. The zero-order chi connectivity index (χ0) is 22.4. The number of fused-ring (bicyclic) bond motifs is 2. The minimum atomic E-state index is -0.199. The summed E-state index contributed by atoms with van der Waals surface area (Å²) in [7, 11) is 4.00. The monoisotopic (exact) mass is 472 g/mol. The molecule has 1 atom stereocenters. The zero-order valence-corrected chi connectivity index (χ0v) is 19.6. The lowest BCUT2D eigenvalue weighted by Gasteiger charge is -2.35. The van der Waals surface area contributed by atoms with Crippen LogP contribution in [-0.4, -0.2) is 74.0 Å². The molecule has 4 heterocycles. The highest BCUT2D eigenvalue weighted by atomic mass is 35.5. The number of thioether (sulfide) groups is 1. The van der Waals surface area contributed by atoms with Crippen molar-refractivity contribution in [1.82, 2.24) is 29.1 Å². The van der Waals surface area contributed by atoms with Crippen molar-refractivity contribution in [3.05, 3.63) is 45.8 Å². The first kappa shape index (κ1) is 21.5. The molecule has 0 N–H and O–H groups in total. The summed E-state index contributed by atoms with van der Waals surface area (Å²) < 4.78 is 3.31. The van der Waals surface area contributed by atoms with Gasteiger partial charge in [-0.25, -0.2) is 9.67 Å². The van der Waals surface area contributed by atoms with E-state index in [2.05, 4.69) is 17.0 Å². The van der Waals surface area contributed by atoms with Crippen LogP contribution in [0.1, 0.15) is 25.3 Å². The van der Waals surface area contributed by atoms with E-state index in [-0.39, 0.29) is 23.6 Å². The Labute approximate surface area is 195 Å². The van der Waals surface area contributed by atoms with Crippen LogP contribution in [0.25, 0.3) is 16.7 Å². The molecule has 0 bridgehead atoms. The average molecular weight is 473 g/mol. The SMILES string of the molecule is CN1CCC(N(C)C(=O)CC2CSc3nc4c(cnn4-c4cccc(Cl)c4)c(=O)n32)CC1. The summed E-state index contributed by atoms with van der Waals surface area (Å²) in [5, 5.41) is 6.04. The molecule has 1 saturated heterocycles. The number of likely N-dealkylation sites (tertiary alicyclic amines) is 1. The summed E-state index contributed by atoms with van der Waals surface area (Å²) in [5.74, 6) is 0.742. The van der Waals surface area contributed by atoms with Crippen LogP contribution in [0, 0.1) is 0 Å². The first-order valence-electron chi connectivity index (χ1n) is 10.8. The van der Waals surface area contributed by atoms with Gasteiger partial charge in [-0.2, -0.15) is 5.10 Å². The van der Waals surface area contributed by atoms with Crippen LogP contribution < -0.4 is 5.56 Å². The van der Waals surface area contributed by atoms with E-state index < -0.39 is 0 Å². The van der Waals surface area contributed by atoms with E-state index in [9.17, 15) is 9.59 Å². The van der Waals surface area contributed by atoms with Crippen molar-refractivity contribution in [3.8, 4) is 5.69 Å². The van der Waals surface area contributed by atoms with Crippen molar-refractivity contribution in [3.63, 3.8) is 0 Å². The molecule has 2 aliphatic rings. The van der Waals surface area contributed by atoms with Crippen LogP contribution in [0.4, 0.5) is 0 Å². The second-order valence-electron chi connectivity index (χ2n) is 8.55. The minimum absolute atomic E-state index is 0.0830. The summed E-state index contributed by atoms with van der Waals surface area (Å²) in [6.45, 7) is 2.00. The maximum absolute atomic E-state index is 13.3. The van der Waals surface area contributed by atoms with E-state index in [1.165, 1.54) is 11.8 Å². The van der Waals surface area contributed by atoms with Crippen molar-refractivity contribution in [2.75, 3.05) is 32.9 Å². The Hall–Kier alpha value is -2.36. The fourth-order valence-electron chi connectivity index (χ4n) is 4.51. The minimum Gasteiger partial charge on any atom is -0.343 e. The highest BCUT2D eigenvalue weighted by Crippen LogP contribution is 2.34. The van der Waals surface area contributed by atoms with Gasteiger partial charge in [0, 0.05) is 30.3 Å². The second kappa shape index (κ2) is 8.53. The molecule has 8 nitrogen and oxygen atoms in total. The quantitative estimate of drug-likeness (QED) is 0.543. The Morgan fingerprint density at radius 2 is 2.09 bits per heavy atom. The number of carbonyl (C=O) groups excluding carboxylic acids is 1. The number of aromatic nitrogens is 4. The van der Waals surface area contributed by atoms with E-state index in [0.717, 1.165) is 31.6 Å². The van der Waals surface area contributed by atoms with Crippen LogP contribution in [0.15, 0.2) is 40.4 Å². The third-order valence-electron chi connectivity index (χ3n) is 6.46. The molecule has 0 spiro atoms. The summed E-state index contributed by atoms with van der Waals surface area (Å²) in [5.41, 5.74) is 1.10. The fraction of sp³-hybridized carbons (Fsp3) is 0.455. The van der Waals surface area contributed by atoms with Gasteiger partial charge in [0.25, 0.3) is 5.56 Å². The average Bonchev–Trinajstić information content (AvgIpc) is 3.39. The topological polar surface area (TPSA) is 76.3 Å². The maximum Gasteiger partial charge on any atom is 0.265 e. The predicted octanol–water partition coefficient (Wildman–Crippen LogP) is 2.83. The van der Waals surface area contributed by atoms with Crippen LogP contribution >= 0.6 is 23.4 Å². The van der Waals surface area contributed by atoms with Gasteiger partial charge in [0.2, 0.25) is 5.91 Å². The predicted molar refractivity (Wildman–Crippen MR) is 126 cm³/mol. The Morgan fingerprint density at radius 3 is 2.84 bits per heavy atom. The molecule has 2 aromatic heterocycles. The van der Waals surface area contributed by atoms with E-state index in [4.69, 9.17) is 16.6 Å². The Bertz CT molecular complexity index is 1230. The van der Waals surface area contributed by atoms with Crippen LogP contribution in [0.2, 0.25) is 5.02 Å². The lowest BCUT2D eigenvalue weighted by Crippen LogP contribution is -2.45. The number of hydrogen-bond acceptors (Lipinski definition) is 6. The Kier molecular flexibility index (Phi) is 5.73. The van der Waals surface area contributed by atoms with Gasteiger partial charge < -0.3 is 9.80 Å². The highest BCUT2D eigenvalue weighted by Gasteiger charge is 2.32. The zero-order valence-electron chi connectivity index (χ0n) is 18.1. The molecule has 0 aliphatic carbocycles. The van der Waals surface area contributed by atoms with Crippen LogP contribution in [0.5, 0.6) is 0 Å². The molecular weight excluding hydrogens is 448 g/mol. The number of rotatable bonds is 4. The summed E-state index contributed by atoms with van der Waals surface area (Å²) in [6, 6.07) is 7.35. The number of nitrogens with zero attached hydrogens (tertiary/aromatic N) is 6. The van der Waals surface area contributed by atoms with Gasteiger partial charge in [0.15, 0.2) is 10.8 Å². The van der Waals surface area contributed by atoms with Crippen LogP contribution in [0.3, 0.4) is 0 Å². The fourth-order valence-corrected chi connectivity index (χ4v) is 5.82. The summed E-state index contributed by atoms with van der Waals surface area (Å²) >= 11 is 7.64. The molecule has 1 unspecified atom stereocenters. The molecule has 0 saturated carbocycles. The Balaban J connectivity index is 1.41. The van der Waals surface area contributed by atoms with Gasteiger partial charge in [-0.3, -0.25) is 14.2 Å². The molecule has 10 heteroatoms. The lowest BCUT2D eigenvalue weighted by molar-refractivity contribution is -0.133. The van der Waals surface area contributed by atoms with Gasteiger partial charge in [0.1, 0.15) is 5.39 Å². The number of hydrogen-bond donors (Lipinski definition) is 0. The Morgan fingerprint density at radius 1 is 1.31 bits per heavy atom. The van der Waals surface area contributed by atoms with E-state index in [1.807, 2.05) is 24.1 Å². The van der Waals surface area contributed by atoms with Crippen molar-refractivity contribution in [2.45, 2.75) is 36.5 Å². The molecule has 5 rings (SSSR count). The molecule has 168 valence electrons. The second-order valence-corrected chi connectivity index (χ2v) is 9.97. The van der Waals surface area contributed by atoms with Gasteiger partial charge in [0.05, 0.1) is 17.9 Å². The highest BCUT2D eigenvalue weighted by molar-refractivity contribution is 7.99. The van der Waals surface area contributed by atoms with E-state index in [1.54, 1.807) is 27.6 Å². The molecule has 2 aliphatic heterocycles. The number of piperidine rings is 1. The third kappa shape index (κ3) is 3.82. The number of benzene rings is 1. The molecule has 1 amide bonds. The van der Waals surface area contributed by atoms with E-state index in [0.29, 0.717) is 33.4 Å². The number of halogens is 1. The number of amides is 1. The lowest BCUT2D eigenvalue weighted by atomic mass is 10.0. The molecular formula is C22H25ClN6O2S. The largest absolute Gasteiger partial charge is 0.343 e. The molecule has 1 fully saturated rings.